The Morgan fingerprint density at radius 2 is 1.62 bits per heavy atom. The SMILES string of the molecule is Cc1cc(C)c(Cn2nc(C(C)(C)C)cc2C(=O)Nc2ccc(Cl)cc2)c(C)c1. The molecule has 1 amide bonds. The zero-order chi connectivity index (χ0) is 21.3. The summed E-state index contributed by atoms with van der Waals surface area (Å²) in [5.41, 5.74) is 6.83. The molecule has 1 N–H and O–H groups in total. The van der Waals surface area contributed by atoms with E-state index in [1.807, 2.05) is 10.7 Å². The van der Waals surface area contributed by atoms with Gasteiger partial charge in [-0.3, -0.25) is 9.48 Å². The van der Waals surface area contributed by atoms with E-state index in [9.17, 15) is 4.79 Å². The highest BCUT2D eigenvalue weighted by atomic mass is 35.5. The van der Waals surface area contributed by atoms with Gasteiger partial charge in [0.2, 0.25) is 0 Å². The minimum absolute atomic E-state index is 0.155. The summed E-state index contributed by atoms with van der Waals surface area (Å²) in [6.07, 6.45) is 0. The van der Waals surface area contributed by atoms with E-state index >= 15 is 0 Å². The molecule has 3 aromatic rings. The molecule has 29 heavy (non-hydrogen) atoms. The molecule has 0 saturated carbocycles. The Balaban J connectivity index is 1.99. The molecule has 0 atom stereocenters. The average Bonchev–Trinajstić information content (AvgIpc) is 3.04. The predicted molar refractivity (Wildman–Crippen MR) is 120 cm³/mol. The Labute approximate surface area is 177 Å². The number of rotatable bonds is 4. The second kappa shape index (κ2) is 8.03. The first kappa shape index (κ1) is 21.1. The number of nitrogens with one attached hydrogen (secondary N) is 1. The summed E-state index contributed by atoms with van der Waals surface area (Å²) in [6, 6.07) is 13.3. The van der Waals surface area contributed by atoms with Crippen LogP contribution >= 0.6 is 11.6 Å². The number of nitrogens with zero attached hydrogens (tertiary/aromatic N) is 2. The molecule has 0 aliphatic carbocycles. The summed E-state index contributed by atoms with van der Waals surface area (Å²) in [5, 5.41) is 8.38. The second-order valence-electron chi connectivity index (χ2n) is 8.66. The molecular formula is C24H28ClN3O. The van der Waals surface area contributed by atoms with Crippen LogP contribution in [0.2, 0.25) is 5.02 Å². The van der Waals surface area contributed by atoms with E-state index in [-0.39, 0.29) is 11.3 Å². The third kappa shape index (κ3) is 4.88. The molecule has 0 bridgehead atoms. The second-order valence-corrected chi connectivity index (χ2v) is 9.10. The number of benzene rings is 2. The Morgan fingerprint density at radius 1 is 1.03 bits per heavy atom. The van der Waals surface area contributed by atoms with E-state index in [0.29, 0.717) is 22.9 Å². The minimum atomic E-state index is -0.183. The van der Waals surface area contributed by atoms with Crippen molar-refractivity contribution in [3.05, 3.63) is 81.1 Å². The van der Waals surface area contributed by atoms with Crippen LogP contribution in [0.25, 0.3) is 0 Å². The fourth-order valence-corrected chi connectivity index (χ4v) is 3.55. The normalized spacial score (nSPS) is 11.6. The number of amides is 1. The number of carbonyl (C=O) groups is 1. The van der Waals surface area contributed by atoms with Crippen molar-refractivity contribution >= 4 is 23.2 Å². The molecule has 2 aromatic carbocycles. The monoisotopic (exact) mass is 409 g/mol. The molecule has 0 aliphatic heterocycles. The molecule has 1 aromatic heterocycles. The predicted octanol–water partition coefficient (Wildman–Crippen LogP) is 6.06. The number of halogens is 1. The van der Waals surface area contributed by atoms with Gasteiger partial charge in [0, 0.05) is 16.1 Å². The number of aryl methyl sites for hydroxylation is 3. The van der Waals surface area contributed by atoms with Crippen LogP contribution in [-0.4, -0.2) is 15.7 Å². The molecule has 1 heterocycles. The van der Waals surface area contributed by atoms with Crippen LogP contribution in [0.4, 0.5) is 5.69 Å². The van der Waals surface area contributed by atoms with Gasteiger partial charge < -0.3 is 5.32 Å². The van der Waals surface area contributed by atoms with Crippen molar-refractivity contribution in [1.82, 2.24) is 9.78 Å². The van der Waals surface area contributed by atoms with Gasteiger partial charge in [0.25, 0.3) is 5.91 Å². The van der Waals surface area contributed by atoms with Crippen LogP contribution in [0.15, 0.2) is 42.5 Å². The van der Waals surface area contributed by atoms with E-state index in [0.717, 1.165) is 5.69 Å². The summed E-state index contributed by atoms with van der Waals surface area (Å²) in [7, 11) is 0. The lowest BCUT2D eigenvalue weighted by Gasteiger charge is -2.15. The lowest BCUT2D eigenvalue weighted by molar-refractivity contribution is 0.101. The summed E-state index contributed by atoms with van der Waals surface area (Å²) in [6.45, 7) is 13.2. The third-order valence-electron chi connectivity index (χ3n) is 5.03. The highest BCUT2D eigenvalue weighted by Crippen LogP contribution is 2.25. The Bertz CT molecular complexity index is 1020. The highest BCUT2D eigenvalue weighted by Gasteiger charge is 2.23. The Morgan fingerprint density at radius 3 is 2.17 bits per heavy atom. The largest absolute Gasteiger partial charge is 0.321 e. The lowest BCUT2D eigenvalue weighted by atomic mass is 9.92. The number of hydrogen-bond donors (Lipinski definition) is 1. The van der Waals surface area contributed by atoms with Crippen LogP contribution in [0.3, 0.4) is 0 Å². The fourth-order valence-electron chi connectivity index (χ4n) is 3.42. The first-order valence-corrected chi connectivity index (χ1v) is 10.1. The topological polar surface area (TPSA) is 46.9 Å². The zero-order valence-electron chi connectivity index (χ0n) is 17.9. The van der Waals surface area contributed by atoms with Crippen molar-refractivity contribution in [2.75, 3.05) is 5.32 Å². The van der Waals surface area contributed by atoms with E-state index in [1.54, 1.807) is 24.3 Å². The van der Waals surface area contributed by atoms with Gasteiger partial charge in [0.05, 0.1) is 12.2 Å². The average molecular weight is 410 g/mol. The van der Waals surface area contributed by atoms with Crippen LogP contribution < -0.4 is 5.32 Å². The molecule has 0 spiro atoms. The quantitative estimate of drug-likeness (QED) is 0.569. The summed E-state index contributed by atoms with van der Waals surface area (Å²) < 4.78 is 1.82. The van der Waals surface area contributed by atoms with Crippen LogP contribution in [0.1, 0.15) is 59.2 Å². The molecule has 5 heteroatoms. The van der Waals surface area contributed by atoms with Crippen molar-refractivity contribution in [1.29, 1.82) is 0 Å². The summed E-state index contributed by atoms with van der Waals surface area (Å²) in [4.78, 5) is 13.1. The molecule has 0 aliphatic rings. The van der Waals surface area contributed by atoms with Crippen LogP contribution in [0.5, 0.6) is 0 Å². The molecule has 0 radical (unpaired) electrons. The van der Waals surface area contributed by atoms with Crippen molar-refractivity contribution in [2.45, 2.75) is 53.5 Å². The summed E-state index contributed by atoms with van der Waals surface area (Å²) in [5.74, 6) is -0.183. The van der Waals surface area contributed by atoms with Gasteiger partial charge in [0.15, 0.2) is 0 Å². The lowest BCUT2D eigenvalue weighted by Crippen LogP contribution is -2.19. The maximum Gasteiger partial charge on any atom is 0.273 e. The first-order chi connectivity index (χ1) is 13.5. The smallest absolute Gasteiger partial charge is 0.273 e. The molecule has 3 rings (SSSR count). The van der Waals surface area contributed by atoms with E-state index < -0.39 is 0 Å². The highest BCUT2D eigenvalue weighted by molar-refractivity contribution is 6.30. The van der Waals surface area contributed by atoms with E-state index in [4.69, 9.17) is 16.7 Å². The van der Waals surface area contributed by atoms with Gasteiger partial charge in [-0.25, -0.2) is 0 Å². The molecular weight excluding hydrogens is 382 g/mol. The van der Waals surface area contributed by atoms with Gasteiger partial charge in [-0.1, -0.05) is 50.1 Å². The van der Waals surface area contributed by atoms with Crippen molar-refractivity contribution < 1.29 is 4.79 Å². The molecule has 0 saturated heterocycles. The van der Waals surface area contributed by atoms with Crippen LogP contribution in [0, 0.1) is 20.8 Å². The van der Waals surface area contributed by atoms with Crippen molar-refractivity contribution in [3.8, 4) is 0 Å². The summed E-state index contributed by atoms with van der Waals surface area (Å²) >= 11 is 5.95. The van der Waals surface area contributed by atoms with Crippen LogP contribution in [-0.2, 0) is 12.0 Å². The molecule has 152 valence electrons. The van der Waals surface area contributed by atoms with Gasteiger partial charge in [0.1, 0.15) is 5.69 Å². The molecule has 4 nitrogen and oxygen atoms in total. The molecule has 0 fully saturated rings. The third-order valence-corrected chi connectivity index (χ3v) is 5.28. The Hall–Kier alpha value is -2.59. The van der Waals surface area contributed by atoms with Gasteiger partial charge >= 0.3 is 0 Å². The Kier molecular flexibility index (Phi) is 5.85. The van der Waals surface area contributed by atoms with Gasteiger partial charge in [-0.05, 0) is 67.8 Å². The zero-order valence-corrected chi connectivity index (χ0v) is 18.7. The number of carbonyl (C=O) groups excluding carboxylic acids is 1. The van der Waals surface area contributed by atoms with E-state index in [2.05, 4.69) is 59.0 Å². The number of hydrogen-bond acceptors (Lipinski definition) is 2. The number of aromatic nitrogens is 2. The van der Waals surface area contributed by atoms with Crippen molar-refractivity contribution in [3.63, 3.8) is 0 Å². The molecule has 0 unspecified atom stereocenters. The maximum atomic E-state index is 13.1. The van der Waals surface area contributed by atoms with E-state index in [1.165, 1.54) is 22.3 Å². The van der Waals surface area contributed by atoms with Crippen molar-refractivity contribution in [2.24, 2.45) is 0 Å². The standard InChI is InChI=1S/C24H28ClN3O/c1-15-11-16(2)20(17(3)12-15)14-28-21(13-22(27-28)24(4,5)6)23(29)26-19-9-7-18(25)8-10-19/h7-13H,14H2,1-6H3,(H,26,29). The minimum Gasteiger partial charge on any atom is -0.321 e. The maximum absolute atomic E-state index is 13.1. The fraction of sp³-hybridized carbons (Fsp3) is 0.333. The van der Waals surface area contributed by atoms with Gasteiger partial charge in [-0.15, -0.1) is 0 Å². The van der Waals surface area contributed by atoms with Gasteiger partial charge in [-0.2, -0.15) is 5.10 Å². The first-order valence-electron chi connectivity index (χ1n) is 9.76. The number of anilines is 1.